The number of fused-ring (bicyclic) bond motifs is 1. The molecule has 0 bridgehead atoms. The number of rotatable bonds is 5. The Morgan fingerprint density at radius 3 is 2.62 bits per heavy atom. The van der Waals surface area contributed by atoms with Crippen molar-refractivity contribution in [2.24, 2.45) is 4.99 Å². The molecule has 1 N–H and O–H groups in total. The van der Waals surface area contributed by atoms with Crippen LogP contribution in [0.25, 0.3) is 0 Å². The predicted octanol–water partition coefficient (Wildman–Crippen LogP) is 3.85. The minimum atomic E-state index is 0. The zero-order valence-electron chi connectivity index (χ0n) is 15.5. The summed E-state index contributed by atoms with van der Waals surface area (Å²) in [6.07, 6.45) is 1.05. The number of benzene rings is 2. The summed E-state index contributed by atoms with van der Waals surface area (Å²) in [6.45, 7) is 4.47. The van der Waals surface area contributed by atoms with Crippen molar-refractivity contribution in [1.82, 2.24) is 5.32 Å². The van der Waals surface area contributed by atoms with Crippen LogP contribution in [0.3, 0.4) is 0 Å². The second kappa shape index (κ2) is 9.66. The van der Waals surface area contributed by atoms with Gasteiger partial charge in [0.05, 0.1) is 20.8 Å². The molecule has 3 rings (SSSR count). The van der Waals surface area contributed by atoms with E-state index in [2.05, 4.69) is 41.4 Å². The summed E-state index contributed by atoms with van der Waals surface area (Å²) in [7, 11) is 3.29. The number of methoxy groups -OCH3 is 2. The Balaban J connectivity index is 0.00000243. The highest BCUT2D eigenvalue weighted by atomic mass is 127. The maximum atomic E-state index is 5.38. The zero-order chi connectivity index (χ0) is 17.6. The molecule has 26 heavy (non-hydrogen) atoms. The second-order valence-electron chi connectivity index (χ2n) is 5.89. The van der Waals surface area contributed by atoms with Crippen molar-refractivity contribution in [3.8, 4) is 11.5 Å². The van der Waals surface area contributed by atoms with Crippen molar-refractivity contribution in [3.05, 3.63) is 53.6 Å². The third kappa shape index (κ3) is 4.41. The van der Waals surface area contributed by atoms with E-state index in [0.717, 1.165) is 42.5 Å². The first-order valence-corrected chi connectivity index (χ1v) is 8.61. The summed E-state index contributed by atoms with van der Waals surface area (Å²) >= 11 is 0. The minimum absolute atomic E-state index is 0. The molecule has 0 aromatic heterocycles. The maximum Gasteiger partial charge on any atom is 0.198 e. The van der Waals surface area contributed by atoms with Gasteiger partial charge in [-0.1, -0.05) is 24.3 Å². The van der Waals surface area contributed by atoms with Crippen LogP contribution >= 0.6 is 24.0 Å². The summed E-state index contributed by atoms with van der Waals surface area (Å²) in [5.74, 6) is 2.38. The number of nitrogens with one attached hydrogen (secondary N) is 1. The van der Waals surface area contributed by atoms with E-state index in [1.54, 1.807) is 14.2 Å². The molecule has 0 spiro atoms. The van der Waals surface area contributed by atoms with Crippen LogP contribution in [0.15, 0.2) is 47.5 Å². The van der Waals surface area contributed by atoms with E-state index in [1.807, 2.05) is 18.2 Å². The number of hydrogen-bond acceptors (Lipinski definition) is 3. The Morgan fingerprint density at radius 2 is 1.88 bits per heavy atom. The molecule has 1 aliphatic rings. The summed E-state index contributed by atoms with van der Waals surface area (Å²) < 4.78 is 10.7. The Kier molecular flexibility index (Phi) is 7.56. The van der Waals surface area contributed by atoms with E-state index >= 15 is 0 Å². The van der Waals surface area contributed by atoms with Crippen LogP contribution in [-0.2, 0) is 13.0 Å². The number of ether oxygens (including phenoxy) is 2. The molecule has 2 aromatic carbocycles. The number of hydrogen-bond donors (Lipinski definition) is 1. The van der Waals surface area contributed by atoms with E-state index in [0.29, 0.717) is 6.54 Å². The average Bonchev–Trinajstić information content (AvgIpc) is 3.09. The smallest absolute Gasteiger partial charge is 0.198 e. The van der Waals surface area contributed by atoms with Crippen LogP contribution in [0.1, 0.15) is 18.1 Å². The molecule has 6 heteroatoms. The van der Waals surface area contributed by atoms with Gasteiger partial charge in [0.15, 0.2) is 17.5 Å². The lowest BCUT2D eigenvalue weighted by molar-refractivity contribution is 0.354. The van der Waals surface area contributed by atoms with Gasteiger partial charge in [0, 0.05) is 18.8 Å². The van der Waals surface area contributed by atoms with Crippen molar-refractivity contribution in [1.29, 1.82) is 0 Å². The molecule has 0 atom stereocenters. The number of nitrogens with zero attached hydrogens (tertiary/aromatic N) is 2. The minimum Gasteiger partial charge on any atom is -0.493 e. The number of aliphatic imine (C=N–C) groups is 1. The molecular formula is C20H26IN3O2. The van der Waals surface area contributed by atoms with Crippen molar-refractivity contribution in [2.45, 2.75) is 19.9 Å². The van der Waals surface area contributed by atoms with E-state index < -0.39 is 0 Å². The van der Waals surface area contributed by atoms with Crippen LogP contribution in [0, 0.1) is 0 Å². The summed E-state index contributed by atoms with van der Waals surface area (Å²) in [5.41, 5.74) is 3.70. The molecule has 2 aromatic rings. The van der Waals surface area contributed by atoms with Gasteiger partial charge in [-0.15, -0.1) is 24.0 Å². The topological polar surface area (TPSA) is 46.1 Å². The van der Waals surface area contributed by atoms with Crippen molar-refractivity contribution < 1.29 is 9.47 Å². The van der Waals surface area contributed by atoms with Gasteiger partial charge in [-0.05, 0) is 42.7 Å². The third-order valence-corrected chi connectivity index (χ3v) is 4.34. The summed E-state index contributed by atoms with van der Waals surface area (Å²) in [4.78, 5) is 7.09. The Labute approximate surface area is 172 Å². The molecular weight excluding hydrogens is 441 g/mol. The second-order valence-corrected chi connectivity index (χ2v) is 5.89. The normalized spacial score (nSPS) is 13.0. The largest absolute Gasteiger partial charge is 0.493 e. The van der Waals surface area contributed by atoms with Crippen molar-refractivity contribution in [2.75, 3.05) is 32.2 Å². The monoisotopic (exact) mass is 467 g/mol. The van der Waals surface area contributed by atoms with Crippen LogP contribution in [0.4, 0.5) is 5.69 Å². The molecule has 0 fully saturated rings. The quantitative estimate of drug-likeness (QED) is 0.413. The van der Waals surface area contributed by atoms with Gasteiger partial charge in [-0.25, -0.2) is 4.99 Å². The van der Waals surface area contributed by atoms with Gasteiger partial charge >= 0.3 is 0 Å². The van der Waals surface area contributed by atoms with Crippen LogP contribution in [0.5, 0.6) is 11.5 Å². The van der Waals surface area contributed by atoms with Gasteiger partial charge in [-0.3, -0.25) is 0 Å². The Hall–Kier alpha value is -1.96. The van der Waals surface area contributed by atoms with Gasteiger partial charge in [-0.2, -0.15) is 0 Å². The highest BCUT2D eigenvalue weighted by Gasteiger charge is 2.22. The standard InChI is InChI=1S/C20H25N3O2.HI/c1-4-21-20(23-12-11-16-7-5-6-8-17(16)23)22-14-15-9-10-18(24-2)19(13-15)25-3;/h5-10,13H,4,11-12,14H2,1-3H3,(H,21,22);1H. The first-order chi connectivity index (χ1) is 12.3. The zero-order valence-corrected chi connectivity index (χ0v) is 17.8. The predicted molar refractivity (Wildman–Crippen MR) is 117 cm³/mol. The Morgan fingerprint density at radius 1 is 1.12 bits per heavy atom. The lowest BCUT2D eigenvalue weighted by Gasteiger charge is -2.22. The van der Waals surface area contributed by atoms with Gasteiger partial charge in [0.25, 0.3) is 0 Å². The van der Waals surface area contributed by atoms with Crippen LogP contribution < -0.4 is 19.7 Å². The molecule has 0 saturated carbocycles. The SMILES string of the molecule is CCNC(=NCc1ccc(OC)c(OC)c1)N1CCc2ccccc21.I. The fourth-order valence-corrected chi connectivity index (χ4v) is 3.10. The molecule has 0 unspecified atom stereocenters. The average molecular weight is 467 g/mol. The third-order valence-electron chi connectivity index (χ3n) is 4.34. The lowest BCUT2D eigenvalue weighted by atomic mass is 10.2. The first kappa shape index (κ1) is 20.4. The Bertz CT molecular complexity index is 764. The number of para-hydroxylation sites is 1. The lowest BCUT2D eigenvalue weighted by Crippen LogP contribution is -2.40. The number of anilines is 1. The summed E-state index contributed by atoms with van der Waals surface area (Å²) in [5, 5.41) is 3.41. The highest BCUT2D eigenvalue weighted by Crippen LogP contribution is 2.29. The van der Waals surface area contributed by atoms with E-state index in [4.69, 9.17) is 14.5 Å². The number of guanidine groups is 1. The van der Waals surface area contributed by atoms with Crippen molar-refractivity contribution in [3.63, 3.8) is 0 Å². The van der Waals surface area contributed by atoms with Gasteiger partial charge < -0.3 is 19.7 Å². The molecule has 0 saturated heterocycles. The van der Waals surface area contributed by atoms with Gasteiger partial charge in [0.2, 0.25) is 0 Å². The molecule has 5 nitrogen and oxygen atoms in total. The van der Waals surface area contributed by atoms with Gasteiger partial charge in [0.1, 0.15) is 0 Å². The molecule has 0 aliphatic carbocycles. The number of halogens is 1. The van der Waals surface area contributed by atoms with E-state index in [1.165, 1.54) is 11.3 Å². The van der Waals surface area contributed by atoms with E-state index in [-0.39, 0.29) is 24.0 Å². The molecule has 0 amide bonds. The fourth-order valence-electron chi connectivity index (χ4n) is 3.10. The fraction of sp³-hybridized carbons (Fsp3) is 0.350. The highest BCUT2D eigenvalue weighted by molar-refractivity contribution is 14.0. The maximum absolute atomic E-state index is 5.38. The summed E-state index contributed by atoms with van der Waals surface area (Å²) in [6, 6.07) is 14.4. The van der Waals surface area contributed by atoms with Crippen molar-refractivity contribution >= 4 is 35.6 Å². The first-order valence-electron chi connectivity index (χ1n) is 8.61. The molecule has 1 aliphatic heterocycles. The van der Waals surface area contributed by atoms with Crippen LogP contribution in [0.2, 0.25) is 0 Å². The molecule has 1 heterocycles. The van der Waals surface area contributed by atoms with Crippen LogP contribution in [-0.4, -0.2) is 33.3 Å². The van der Waals surface area contributed by atoms with E-state index in [9.17, 15) is 0 Å². The molecule has 140 valence electrons. The molecule has 0 radical (unpaired) electrons.